The number of alkyl halides is 1. The van der Waals surface area contributed by atoms with Crippen molar-refractivity contribution in [2.45, 2.75) is 20.3 Å². The molecule has 1 unspecified atom stereocenters. The normalized spacial score (nSPS) is 21.9. The SMILES string of the molecule is CCOC(=O)C1(C(=O)OCC)CC1CBr. The first-order valence-electron chi connectivity index (χ1n) is 5.03. The molecule has 5 heteroatoms. The molecule has 0 spiro atoms. The van der Waals surface area contributed by atoms with Gasteiger partial charge >= 0.3 is 11.9 Å². The van der Waals surface area contributed by atoms with E-state index in [0.29, 0.717) is 11.8 Å². The Morgan fingerprint density at radius 3 is 2.00 bits per heavy atom. The minimum Gasteiger partial charge on any atom is -0.465 e. The van der Waals surface area contributed by atoms with Crippen LogP contribution in [0, 0.1) is 11.3 Å². The highest BCUT2D eigenvalue weighted by molar-refractivity contribution is 9.09. The Kier molecular flexibility index (Phi) is 4.13. The second-order valence-electron chi connectivity index (χ2n) is 3.47. The Morgan fingerprint density at radius 2 is 1.73 bits per heavy atom. The summed E-state index contributed by atoms with van der Waals surface area (Å²) in [5.74, 6) is -0.892. The second kappa shape index (κ2) is 4.96. The molecule has 0 amide bonds. The Bertz CT molecular complexity index is 246. The lowest BCUT2D eigenvalue weighted by molar-refractivity contribution is -0.164. The number of esters is 2. The van der Waals surface area contributed by atoms with E-state index in [2.05, 4.69) is 15.9 Å². The molecule has 0 aromatic rings. The summed E-state index contributed by atoms with van der Waals surface area (Å²) in [4.78, 5) is 23.3. The minimum atomic E-state index is -1.03. The molecule has 0 radical (unpaired) electrons. The van der Waals surface area contributed by atoms with E-state index in [-0.39, 0.29) is 19.1 Å². The van der Waals surface area contributed by atoms with E-state index in [1.54, 1.807) is 13.8 Å². The summed E-state index contributed by atoms with van der Waals surface area (Å²) in [6.45, 7) is 4.02. The highest BCUT2D eigenvalue weighted by atomic mass is 79.9. The molecular weight excluding hydrogens is 264 g/mol. The van der Waals surface area contributed by atoms with Crippen molar-refractivity contribution in [3.63, 3.8) is 0 Å². The maximum atomic E-state index is 11.7. The van der Waals surface area contributed by atoms with Crippen molar-refractivity contribution in [1.82, 2.24) is 0 Å². The molecule has 1 fully saturated rings. The maximum absolute atomic E-state index is 11.7. The van der Waals surface area contributed by atoms with Crippen LogP contribution < -0.4 is 0 Å². The topological polar surface area (TPSA) is 52.6 Å². The van der Waals surface area contributed by atoms with Crippen LogP contribution in [0.15, 0.2) is 0 Å². The van der Waals surface area contributed by atoms with Crippen LogP contribution in [0.5, 0.6) is 0 Å². The molecule has 15 heavy (non-hydrogen) atoms. The summed E-state index contributed by atoms with van der Waals surface area (Å²) in [7, 11) is 0. The average Bonchev–Trinajstić information content (AvgIpc) is 2.94. The van der Waals surface area contributed by atoms with Crippen molar-refractivity contribution >= 4 is 27.9 Å². The third-order valence-electron chi connectivity index (χ3n) is 2.57. The molecule has 0 heterocycles. The molecule has 0 saturated heterocycles. The first-order valence-corrected chi connectivity index (χ1v) is 6.16. The highest BCUT2D eigenvalue weighted by Gasteiger charge is 2.67. The van der Waals surface area contributed by atoms with Crippen LogP contribution in [0.4, 0.5) is 0 Å². The van der Waals surface area contributed by atoms with Crippen LogP contribution in [0.3, 0.4) is 0 Å². The molecule has 1 aliphatic rings. The fourth-order valence-electron chi connectivity index (χ4n) is 1.62. The van der Waals surface area contributed by atoms with Gasteiger partial charge in [0.15, 0.2) is 5.41 Å². The van der Waals surface area contributed by atoms with Gasteiger partial charge in [0.25, 0.3) is 0 Å². The summed E-state index contributed by atoms with van der Waals surface area (Å²) in [6, 6.07) is 0. The lowest BCUT2D eigenvalue weighted by Gasteiger charge is -2.13. The number of carbonyl (C=O) groups is 2. The highest BCUT2D eigenvalue weighted by Crippen LogP contribution is 2.55. The molecule has 0 aromatic heterocycles. The van der Waals surface area contributed by atoms with Crippen LogP contribution in [0.25, 0.3) is 0 Å². The summed E-state index contributed by atoms with van der Waals surface area (Å²) in [5, 5.41) is 0.616. The van der Waals surface area contributed by atoms with E-state index in [9.17, 15) is 9.59 Å². The third-order valence-corrected chi connectivity index (χ3v) is 3.35. The number of hydrogen-bond donors (Lipinski definition) is 0. The van der Waals surface area contributed by atoms with Gasteiger partial charge in [-0.2, -0.15) is 0 Å². The average molecular weight is 279 g/mol. The number of hydrogen-bond acceptors (Lipinski definition) is 4. The summed E-state index contributed by atoms with van der Waals surface area (Å²) in [6.07, 6.45) is 0.524. The standard InChI is InChI=1S/C10H15BrO4/c1-3-14-8(12)10(5-7(10)6-11)9(13)15-4-2/h7H,3-6H2,1-2H3. The molecule has 1 atom stereocenters. The Balaban J connectivity index is 2.73. The Hall–Kier alpha value is -0.580. The van der Waals surface area contributed by atoms with E-state index < -0.39 is 17.4 Å². The molecule has 4 nitrogen and oxygen atoms in total. The van der Waals surface area contributed by atoms with Gasteiger partial charge in [-0.05, 0) is 26.2 Å². The molecule has 86 valence electrons. The van der Waals surface area contributed by atoms with Crippen LogP contribution in [-0.2, 0) is 19.1 Å². The fraction of sp³-hybridized carbons (Fsp3) is 0.800. The van der Waals surface area contributed by atoms with Gasteiger partial charge in [-0.1, -0.05) is 15.9 Å². The van der Waals surface area contributed by atoms with Crippen LogP contribution in [0.1, 0.15) is 20.3 Å². The van der Waals surface area contributed by atoms with Gasteiger partial charge in [-0.15, -0.1) is 0 Å². The van der Waals surface area contributed by atoms with Gasteiger partial charge in [0, 0.05) is 5.33 Å². The van der Waals surface area contributed by atoms with Gasteiger partial charge in [-0.3, -0.25) is 9.59 Å². The molecule has 1 aliphatic carbocycles. The zero-order valence-electron chi connectivity index (χ0n) is 8.92. The second-order valence-corrected chi connectivity index (χ2v) is 4.12. The number of rotatable bonds is 5. The molecule has 0 N–H and O–H groups in total. The maximum Gasteiger partial charge on any atom is 0.323 e. The zero-order valence-corrected chi connectivity index (χ0v) is 10.5. The van der Waals surface area contributed by atoms with E-state index >= 15 is 0 Å². The number of halogens is 1. The summed E-state index contributed by atoms with van der Waals surface area (Å²) >= 11 is 3.28. The van der Waals surface area contributed by atoms with Gasteiger partial charge in [0.2, 0.25) is 0 Å². The largest absolute Gasteiger partial charge is 0.465 e. The van der Waals surface area contributed by atoms with Gasteiger partial charge < -0.3 is 9.47 Å². The molecule has 0 aliphatic heterocycles. The lowest BCUT2D eigenvalue weighted by Crippen LogP contribution is -2.32. The quantitative estimate of drug-likeness (QED) is 0.435. The van der Waals surface area contributed by atoms with Crippen molar-refractivity contribution in [3.05, 3.63) is 0 Å². The van der Waals surface area contributed by atoms with E-state index in [0.717, 1.165) is 0 Å². The van der Waals surface area contributed by atoms with Crippen LogP contribution in [-0.4, -0.2) is 30.5 Å². The van der Waals surface area contributed by atoms with Crippen LogP contribution >= 0.6 is 15.9 Å². The lowest BCUT2D eigenvalue weighted by atomic mass is 10.1. The van der Waals surface area contributed by atoms with Gasteiger partial charge in [0.1, 0.15) is 0 Å². The van der Waals surface area contributed by atoms with Gasteiger partial charge in [0.05, 0.1) is 13.2 Å². The smallest absolute Gasteiger partial charge is 0.323 e. The van der Waals surface area contributed by atoms with Crippen molar-refractivity contribution in [2.75, 3.05) is 18.5 Å². The van der Waals surface area contributed by atoms with Crippen molar-refractivity contribution in [2.24, 2.45) is 11.3 Å². The predicted molar refractivity (Wildman–Crippen MR) is 57.6 cm³/mol. The van der Waals surface area contributed by atoms with Crippen molar-refractivity contribution in [1.29, 1.82) is 0 Å². The van der Waals surface area contributed by atoms with Crippen molar-refractivity contribution < 1.29 is 19.1 Å². The first kappa shape index (κ1) is 12.5. The molecule has 0 aromatic carbocycles. The van der Waals surface area contributed by atoms with E-state index in [1.165, 1.54) is 0 Å². The monoisotopic (exact) mass is 278 g/mol. The minimum absolute atomic E-state index is 0.00981. The third kappa shape index (κ3) is 2.17. The number of carbonyl (C=O) groups excluding carboxylic acids is 2. The van der Waals surface area contributed by atoms with E-state index in [4.69, 9.17) is 9.47 Å². The summed E-state index contributed by atoms with van der Waals surface area (Å²) < 4.78 is 9.82. The summed E-state index contributed by atoms with van der Waals surface area (Å²) in [5.41, 5.74) is -1.03. The number of ether oxygens (including phenoxy) is 2. The fourth-order valence-corrected chi connectivity index (χ4v) is 2.40. The van der Waals surface area contributed by atoms with Gasteiger partial charge in [-0.25, -0.2) is 0 Å². The molecular formula is C10H15BrO4. The van der Waals surface area contributed by atoms with E-state index in [1.807, 2.05) is 0 Å². The van der Waals surface area contributed by atoms with Crippen LogP contribution in [0.2, 0.25) is 0 Å². The zero-order chi connectivity index (χ0) is 11.5. The van der Waals surface area contributed by atoms with Crippen molar-refractivity contribution in [3.8, 4) is 0 Å². The Labute approximate surface area is 97.4 Å². The first-order chi connectivity index (χ1) is 7.13. The molecule has 1 rings (SSSR count). The molecule has 0 bridgehead atoms. The predicted octanol–water partition coefficient (Wildman–Crippen LogP) is 1.51. The molecule has 1 saturated carbocycles. The Morgan fingerprint density at radius 1 is 1.27 bits per heavy atom.